The van der Waals surface area contributed by atoms with E-state index in [0.29, 0.717) is 31.8 Å². The molecule has 0 spiro atoms. The van der Waals surface area contributed by atoms with Crippen molar-refractivity contribution >= 4 is 28.6 Å². The Labute approximate surface area is 184 Å². The van der Waals surface area contributed by atoms with Gasteiger partial charge in [-0.2, -0.15) is 0 Å². The summed E-state index contributed by atoms with van der Waals surface area (Å²) < 4.78 is 4.94. The van der Waals surface area contributed by atoms with Crippen LogP contribution in [0.4, 0.5) is 11.4 Å². The van der Waals surface area contributed by atoms with Crippen LogP contribution in [0.15, 0.2) is 47.8 Å². The first kappa shape index (κ1) is 22.4. The maximum absolute atomic E-state index is 12.4. The van der Waals surface area contributed by atoms with Gasteiger partial charge in [-0.05, 0) is 31.0 Å². The number of rotatable bonds is 10. The fourth-order valence-corrected chi connectivity index (χ4v) is 3.64. The van der Waals surface area contributed by atoms with E-state index in [2.05, 4.69) is 15.6 Å². The van der Waals surface area contributed by atoms with E-state index >= 15 is 0 Å². The fraction of sp³-hybridized carbons (Fsp3) is 0.273. The molecule has 31 heavy (non-hydrogen) atoms. The fourth-order valence-electron chi connectivity index (χ4n) is 3.02. The number of carbonyl (C=O) groups is 1. The zero-order chi connectivity index (χ0) is 22.2. The molecule has 3 rings (SSSR count). The van der Waals surface area contributed by atoms with Gasteiger partial charge in [-0.25, -0.2) is 4.98 Å². The van der Waals surface area contributed by atoms with Crippen LogP contribution < -0.4 is 10.6 Å². The topological polar surface area (TPSA) is 106 Å². The van der Waals surface area contributed by atoms with Crippen molar-refractivity contribution in [2.24, 2.45) is 0 Å². The van der Waals surface area contributed by atoms with E-state index in [9.17, 15) is 14.9 Å². The Bertz CT molecular complexity index is 1050. The van der Waals surface area contributed by atoms with E-state index in [4.69, 9.17) is 4.74 Å². The number of benzene rings is 2. The first-order valence-corrected chi connectivity index (χ1v) is 10.7. The third kappa shape index (κ3) is 6.09. The predicted molar refractivity (Wildman–Crippen MR) is 122 cm³/mol. The zero-order valence-corrected chi connectivity index (χ0v) is 18.2. The van der Waals surface area contributed by atoms with Gasteiger partial charge in [-0.15, -0.1) is 11.3 Å². The van der Waals surface area contributed by atoms with Crippen molar-refractivity contribution in [3.8, 4) is 11.3 Å². The molecule has 9 heteroatoms. The molecule has 2 N–H and O–H groups in total. The maximum Gasteiger partial charge on any atom is 0.293 e. The molecule has 1 amide bonds. The number of nitro benzene ring substituents is 1. The predicted octanol–water partition coefficient (Wildman–Crippen LogP) is 4.06. The quantitative estimate of drug-likeness (QED) is 0.280. The van der Waals surface area contributed by atoms with Gasteiger partial charge in [0.05, 0.1) is 22.2 Å². The number of hydrogen-bond acceptors (Lipinski definition) is 7. The number of nitrogens with one attached hydrogen (secondary N) is 2. The summed E-state index contributed by atoms with van der Waals surface area (Å²) in [7, 11) is 1.56. The van der Waals surface area contributed by atoms with Crippen LogP contribution in [-0.2, 0) is 11.2 Å². The van der Waals surface area contributed by atoms with Gasteiger partial charge in [-0.1, -0.05) is 24.3 Å². The van der Waals surface area contributed by atoms with Gasteiger partial charge in [-0.3, -0.25) is 14.9 Å². The summed E-state index contributed by atoms with van der Waals surface area (Å²) in [6.45, 7) is 3.26. The lowest BCUT2D eigenvalue weighted by Crippen LogP contribution is -2.25. The van der Waals surface area contributed by atoms with Crippen molar-refractivity contribution < 1.29 is 14.5 Å². The van der Waals surface area contributed by atoms with Crippen LogP contribution in [0.25, 0.3) is 11.3 Å². The van der Waals surface area contributed by atoms with E-state index in [0.717, 1.165) is 21.8 Å². The van der Waals surface area contributed by atoms with Crippen LogP contribution >= 0.6 is 11.3 Å². The molecule has 0 fully saturated rings. The first-order chi connectivity index (χ1) is 15.0. The van der Waals surface area contributed by atoms with Crippen LogP contribution in [-0.4, -0.2) is 42.6 Å². The molecule has 2 aromatic carbocycles. The second-order valence-electron chi connectivity index (χ2n) is 6.86. The molecule has 8 nitrogen and oxygen atoms in total. The number of hydrogen-bond donors (Lipinski definition) is 2. The number of aryl methyl sites for hydroxylation is 1. The van der Waals surface area contributed by atoms with Crippen molar-refractivity contribution in [1.29, 1.82) is 0 Å². The minimum Gasteiger partial charge on any atom is -0.383 e. The van der Waals surface area contributed by atoms with E-state index in [-0.39, 0.29) is 17.2 Å². The number of nitrogens with zero attached hydrogens (tertiary/aromatic N) is 2. The van der Waals surface area contributed by atoms with Gasteiger partial charge in [0.2, 0.25) is 0 Å². The smallest absolute Gasteiger partial charge is 0.293 e. The Balaban J connectivity index is 1.56. The molecule has 1 aromatic heterocycles. The van der Waals surface area contributed by atoms with E-state index in [1.54, 1.807) is 30.6 Å². The SMILES string of the molecule is COCCNc1ccc(C(=O)NCCc2ccc(-c3csc(C)n3)cc2)cc1[N+](=O)[O-]. The minimum absolute atomic E-state index is 0.142. The molecule has 162 valence electrons. The Morgan fingerprint density at radius 3 is 2.61 bits per heavy atom. The molecular weight excluding hydrogens is 416 g/mol. The summed E-state index contributed by atoms with van der Waals surface area (Å²) in [5.74, 6) is -0.346. The standard InChI is InChI=1S/C22H24N4O4S/c1-15-25-20(14-31-15)17-5-3-16(4-6-17)9-10-24-22(27)18-7-8-19(23-11-12-30-2)21(13-18)26(28)29/h3-8,13-14,23H,9-12H2,1-2H3,(H,24,27). The molecular formula is C22H24N4O4S. The lowest BCUT2D eigenvalue weighted by atomic mass is 10.1. The molecule has 0 bridgehead atoms. The molecule has 0 saturated carbocycles. The number of amides is 1. The largest absolute Gasteiger partial charge is 0.383 e. The molecule has 0 saturated heterocycles. The molecule has 0 unspecified atom stereocenters. The number of nitro groups is 1. The highest BCUT2D eigenvalue weighted by atomic mass is 32.1. The van der Waals surface area contributed by atoms with Crippen LogP contribution in [0.1, 0.15) is 20.9 Å². The second kappa shape index (κ2) is 10.6. The van der Waals surface area contributed by atoms with Crippen LogP contribution in [0.3, 0.4) is 0 Å². The number of aromatic nitrogens is 1. The van der Waals surface area contributed by atoms with Crippen molar-refractivity contribution in [2.75, 3.05) is 32.1 Å². The van der Waals surface area contributed by atoms with Crippen molar-refractivity contribution in [3.63, 3.8) is 0 Å². The summed E-state index contributed by atoms with van der Waals surface area (Å²) in [6.07, 6.45) is 0.654. The Hall–Kier alpha value is -3.30. The maximum atomic E-state index is 12.4. The molecule has 1 heterocycles. The lowest BCUT2D eigenvalue weighted by Gasteiger charge is -2.09. The average molecular weight is 441 g/mol. The molecule has 0 radical (unpaired) electrons. The van der Waals surface area contributed by atoms with Gasteiger partial charge >= 0.3 is 0 Å². The highest BCUT2D eigenvalue weighted by Crippen LogP contribution is 2.25. The zero-order valence-electron chi connectivity index (χ0n) is 17.4. The summed E-state index contributed by atoms with van der Waals surface area (Å²) in [4.78, 5) is 27.8. The number of ether oxygens (including phenoxy) is 1. The minimum atomic E-state index is -0.503. The molecule has 0 atom stereocenters. The number of anilines is 1. The molecule has 3 aromatic rings. The average Bonchev–Trinajstić information content (AvgIpc) is 3.20. The van der Waals surface area contributed by atoms with Crippen molar-refractivity contribution in [1.82, 2.24) is 10.3 Å². The summed E-state index contributed by atoms with van der Waals surface area (Å²) in [5.41, 5.74) is 3.57. The highest BCUT2D eigenvalue weighted by molar-refractivity contribution is 7.09. The third-order valence-electron chi connectivity index (χ3n) is 4.65. The second-order valence-corrected chi connectivity index (χ2v) is 7.93. The highest BCUT2D eigenvalue weighted by Gasteiger charge is 2.17. The van der Waals surface area contributed by atoms with Crippen LogP contribution in [0.5, 0.6) is 0 Å². The van der Waals surface area contributed by atoms with Gasteiger partial charge in [0.15, 0.2) is 0 Å². The lowest BCUT2D eigenvalue weighted by molar-refractivity contribution is -0.384. The molecule has 0 aliphatic carbocycles. The van der Waals surface area contributed by atoms with E-state index < -0.39 is 4.92 Å². The Morgan fingerprint density at radius 2 is 1.97 bits per heavy atom. The van der Waals surface area contributed by atoms with Crippen LogP contribution in [0.2, 0.25) is 0 Å². The molecule has 0 aliphatic heterocycles. The molecule has 0 aliphatic rings. The van der Waals surface area contributed by atoms with Gasteiger partial charge in [0.25, 0.3) is 11.6 Å². The van der Waals surface area contributed by atoms with E-state index in [1.165, 1.54) is 6.07 Å². The van der Waals surface area contributed by atoms with Crippen molar-refractivity contribution in [2.45, 2.75) is 13.3 Å². The third-order valence-corrected chi connectivity index (χ3v) is 5.42. The normalized spacial score (nSPS) is 10.6. The summed E-state index contributed by atoms with van der Waals surface area (Å²) in [5, 5.41) is 20.2. The van der Waals surface area contributed by atoms with Crippen LogP contribution in [0, 0.1) is 17.0 Å². The number of methoxy groups -OCH3 is 1. The first-order valence-electron chi connectivity index (χ1n) is 9.79. The van der Waals surface area contributed by atoms with Gasteiger partial charge < -0.3 is 15.4 Å². The van der Waals surface area contributed by atoms with Gasteiger partial charge in [0.1, 0.15) is 5.69 Å². The van der Waals surface area contributed by atoms with Crippen molar-refractivity contribution in [3.05, 3.63) is 74.1 Å². The van der Waals surface area contributed by atoms with E-state index in [1.807, 2.05) is 36.6 Å². The number of thiazole rings is 1. The summed E-state index contributed by atoms with van der Waals surface area (Å²) in [6, 6.07) is 12.5. The number of carbonyl (C=O) groups excluding carboxylic acids is 1. The summed E-state index contributed by atoms with van der Waals surface area (Å²) >= 11 is 1.62. The Kier molecular flexibility index (Phi) is 7.69. The van der Waals surface area contributed by atoms with Gasteiger partial charge in [0, 0.05) is 42.8 Å². The Morgan fingerprint density at radius 1 is 1.19 bits per heavy atom. The monoisotopic (exact) mass is 440 g/mol.